The summed E-state index contributed by atoms with van der Waals surface area (Å²) in [5.41, 5.74) is 0.0641. The standard InChI is InChI=1S/C26H30ClF3N2O3/c1-18(2)14-23(17-35-16-19-6-8-22(27)9-7-19)32-13-12-31(11-10-24(32)33)25(34)20-4-3-5-21(15-20)26(28,29)30/h3-9,15,18,23H,10-14,16-17H2,1-2H3/t23-/m0/s1. The minimum absolute atomic E-state index is 0.0363. The van der Waals surface area contributed by atoms with E-state index in [1.165, 1.54) is 17.0 Å². The number of carbonyl (C=O) groups is 2. The largest absolute Gasteiger partial charge is 0.416 e. The van der Waals surface area contributed by atoms with Gasteiger partial charge in [-0.2, -0.15) is 13.2 Å². The summed E-state index contributed by atoms with van der Waals surface area (Å²) in [4.78, 5) is 29.1. The van der Waals surface area contributed by atoms with E-state index in [2.05, 4.69) is 13.8 Å². The first-order valence-electron chi connectivity index (χ1n) is 11.6. The number of hydrogen-bond acceptors (Lipinski definition) is 3. The van der Waals surface area contributed by atoms with Crippen LogP contribution in [0.25, 0.3) is 0 Å². The van der Waals surface area contributed by atoms with Crippen LogP contribution in [0.2, 0.25) is 5.02 Å². The number of halogens is 4. The van der Waals surface area contributed by atoms with E-state index in [4.69, 9.17) is 16.3 Å². The van der Waals surface area contributed by atoms with Crippen molar-refractivity contribution in [3.63, 3.8) is 0 Å². The Labute approximate surface area is 208 Å². The minimum Gasteiger partial charge on any atom is -0.375 e. The van der Waals surface area contributed by atoms with Crippen LogP contribution in [-0.4, -0.2) is 53.9 Å². The van der Waals surface area contributed by atoms with Crippen molar-refractivity contribution in [1.29, 1.82) is 0 Å². The Morgan fingerprint density at radius 3 is 2.46 bits per heavy atom. The van der Waals surface area contributed by atoms with Crippen molar-refractivity contribution in [2.75, 3.05) is 26.2 Å². The van der Waals surface area contributed by atoms with Gasteiger partial charge in [-0.15, -0.1) is 0 Å². The predicted molar refractivity (Wildman–Crippen MR) is 128 cm³/mol. The molecule has 1 heterocycles. The van der Waals surface area contributed by atoms with Crippen LogP contribution in [0.4, 0.5) is 13.2 Å². The molecule has 1 atom stereocenters. The molecule has 9 heteroatoms. The van der Waals surface area contributed by atoms with E-state index in [1.807, 2.05) is 12.1 Å². The SMILES string of the molecule is CC(C)C[C@@H](COCc1ccc(Cl)cc1)N1CCN(C(=O)c2cccc(C(F)(F)F)c2)CCC1=O. The highest BCUT2D eigenvalue weighted by molar-refractivity contribution is 6.30. The number of rotatable bonds is 8. The van der Waals surface area contributed by atoms with E-state index >= 15 is 0 Å². The molecule has 2 amide bonds. The van der Waals surface area contributed by atoms with Crippen molar-refractivity contribution in [1.82, 2.24) is 9.80 Å². The highest BCUT2D eigenvalue weighted by atomic mass is 35.5. The molecule has 0 radical (unpaired) electrons. The lowest BCUT2D eigenvalue weighted by molar-refractivity contribution is -0.137. The normalized spacial score (nSPS) is 15.9. The highest BCUT2D eigenvalue weighted by Crippen LogP contribution is 2.30. The van der Waals surface area contributed by atoms with Crippen molar-refractivity contribution in [3.05, 3.63) is 70.2 Å². The van der Waals surface area contributed by atoms with Gasteiger partial charge in [-0.25, -0.2) is 0 Å². The predicted octanol–water partition coefficient (Wildman–Crippen LogP) is 5.66. The number of alkyl halides is 3. The van der Waals surface area contributed by atoms with E-state index in [9.17, 15) is 22.8 Å². The Kier molecular flexibility index (Phi) is 9.19. The van der Waals surface area contributed by atoms with Crippen LogP contribution in [0.5, 0.6) is 0 Å². The van der Waals surface area contributed by atoms with Gasteiger partial charge in [0.15, 0.2) is 0 Å². The molecule has 5 nitrogen and oxygen atoms in total. The molecule has 0 saturated carbocycles. The van der Waals surface area contributed by atoms with Gasteiger partial charge in [0.25, 0.3) is 5.91 Å². The Morgan fingerprint density at radius 1 is 1.09 bits per heavy atom. The van der Waals surface area contributed by atoms with Crippen molar-refractivity contribution in [2.45, 2.75) is 45.5 Å². The summed E-state index contributed by atoms with van der Waals surface area (Å²) in [7, 11) is 0. The fourth-order valence-electron chi connectivity index (χ4n) is 4.16. The lowest BCUT2D eigenvalue weighted by atomic mass is 10.0. The summed E-state index contributed by atoms with van der Waals surface area (Å²) < 4.78 is 45.1. The summed E-state index contributed by atoms with van der Waals surface area (Å²) in [6.45, 7) is 5.56. The third-order valence-corrected chi connectivity index (χ3v) is 6.18. The molecule has 1 saturated heterocycles. The number of amides is 2. The molecule has 35 heavy (non-hydrogen) atoms. The average Bonchev–Trinajstić information content (AvgIpc) is 3.00. The monoisotopic (exact) mass is 510 g/mol. The fraction of sp³-hybridized carbons (Fsp3) is 0.462. The maximum atomic E-state index is 13.1. The van der Waals surface area contributed by atoms with E-state index in [0.717, 1.165) is 24.1 Å². The summed E-state index contributed by atoms with van der Waals surface area (Å²) in [5, 5.41) is 0.644. The highest BCUT2D eigenvalue weighted by Gasteiger charge is 2.33. The van der Waals surface area contributed by atoms with Gasteiger partial charge in [0.05, 0.1) is 24.8 Å². The molecule has 190 valence electrons. The second-order valence-electron chi connectivity index (χ2n) is 9.13. The van der Waals surface area contributed by atoms with Crippen LogP contribution >= 0.6 is 11.6 Å². The van der Waals surface area contributed by atoms with E-state index < -0.39 is 17.6 Å². The van der Waals surface area contributed by atoms with Gasteiger partial charge in [0, 0.05) is 36.6 Å². The molecule has 0 aromatic heterocycles. The average molecular weight is 511 g/mol. The number of nitrogens with zero attached hydrogens (tertiary/aromatic N) is 2. The molecular weight excluding hydrogens is 481 g/mol. The van der Waals surface area contributed by atoms with Crippen LogP contribution in [0.1, 0.15) is 48.2 Å². The molecule has 0 spiro atoms. The van der Waals surface area contributed by atoms with Gasteiger partial charge in [0.2, 0.25) is 5.91 Å². The molecule has 0 aliphatic carbocycles. The maximum absolute atomic E-state index is 13.1. The molecular formula is C26H30ClF3N2O3. The number of ether oxygens (including phenoxy) is 1. The summed E-state index contributed by atoms with van der Waals surface area (Å²) in [6.07, 6.45) is -3.69. The van der Waals surface area contributed by atoms with Gasteiger partial charge in [-0.1, -0.05) is 43.6 Å². The molecule has 1 aliphatic heterocycles. The minimum atomic E-state index is -4.53. The number of benzene rings is 2. The first-order chi connectivity index (χ1) is 16.5. The Morgan fingerprint density at radius 2 is 1.80 bits per heavy atom. The van der Waals surface area contributed by atoms with Gasteiger partial charge >= 0.3 is 6.18 Å². The number of hydrogen-bond donors (Lipinski definition) is 0. The third-order valence-electron chi connectivity index (χ3n) is 5.93. The first kappa shape index (κ1) is 27.0. The molecule has 0 bridgehead atoms. The Balaban J connectivity index is 1.66. The van der Waals surface area contributed by atoms with Crippen LogP contribution in [0.15, 0.2) is 48.5 Å². The Hall–Kier alpha value is -2.58. The van der Waals surface area contributed by atoms with Crippen LogP contribution in [0.3, 0.4) is 0 Å². The van der Waals surface area contributed by atoms with Crippen LogP contribution in [-0.2, 0) is 22.3 Å². The molecule has 2 aromatic rings. The molecule has 0 unspecified atom stereocenters. The second kappa shape index (κ2) is 11.9. The zero-order valence-corrected chi connectivity index (χ0v) is 20.6. The lowest BCUT2D eigenvalue weighted by Crippen LogP contribution is -2.45. The Bertz CT molecular complexity index is 1010. The van der Waals surface area contributed by atoms with E-state index in [0.29, 0.717) is 30.7 Å². The van der Waals surface area contributed by atoms with Crippen LogP contribution in [0, 0.1) is 5.92 Å². The fourth-order valence-corrected chi connectivity index (χ4v) is 4.29. The summed E-state index contributed by atoms with van der Waals surface area (Å²) >= 11 is 5.92. The van der Waals surface area contributed by atoms with Gasteiger partial charge in [-0.3, -0.25) is 9.59 Å². The zero-order chi connectivity index (χ0) is 25.6. The van der Waals surface area contributed by atoms with Gasteiger partial charge in [-0.05, 0) is 48.2 Å². The maximum Gasteiger partial charge on any atom is 0.416 e. The molecule has 1 aliphatic rings. The zero-order valence-electron chi connectivity index (χ0n) is 19.9. The quantitative estimate of drug-likeness (QED) is 0.460. The molecule has 2 aromatic carbocycles. The third kappa shape index (κ3) is 7.70. The van der Waals surface area contributed by atoms with Gasteiger partial charge in [0.1, 0.15) is 0 Å². The van der Waals surface area contributed by atoms with Crippen molar-refractivity contribution in [3.8, 4) is 0 Å². The molecule has 1 fully saturated rings. The van der Waals surface area contributed by atoms with Crippen molar-refractivity contribution in [2.24, 2.45) is 5.92 Å². The first-order valence-corrected chi connectivity index (χ1v) is 12.0. The van der Waals surface area contributed by atoms with Gasteiger partial charge < -0.3 is 14.5 Å². The number of carbonyl (C=O) groups excluding carboxylic acids is 2. The topological polar surface area (TPSA) is 49.9 Å². The summed E-state index contributed by atoms with van der Waals surface area (Å²) in [6, 6.07) is 11.6. The van der Waals surface area contributed by atoms with Crippen molar-refractivity contribution >= 4 is 23.4 Å². The van der Waals surface area contributed by atoms with E-state index in [-0.39, 0.29) is 37.0 Å². The summed E-state index contributed by atoms with van der Waals surface area (Å²) in [5.74, 6) is -0.284. The van der Waals surface area contributed by atoms with E-state index in [1.54, 1.807) is 17.0 Å². The lowest BCUT2D eigenvalue weighted by Gasteiger charge is -2.32. The van der Waals surface area contributed by atoms with Crippen molar-refractivity contribution < 1.29 is 27.5 Å². The second-order valence-corrected chi connectivity index (χ2v) is 9.57. The smallest absolute Gasteiger partial charge is 0.375 e. The van der Waals surface area contributed by atoms with Crippen LogP contribution < -0.4 is 0 Å². The molecule has 0 N–H and O–H groups in total. The molecule has 3 rings (SSSR count).